The highest BCUT2D eigenvalue weighted by Gasteiger charge is 2.50. The molecule has 2 rings (SSSR count). The van der Waals surface area contributed by atoms with E-state index in [9.17, 15) is 19.2 Å². The van der Waals surface area contributed by atoms with Crippen molar-refractivity contribution in [2.24, 2.45) is 5.92 Å². The number of esters is 3. The van der Waals surface area contributed by atoms with E-state index in [1.54, 1.807) is 58.0 Å². The maximum Gasteiger partial charge on any atom is 0.366 e. The summed E-state index contributed by atoms with van der Waals surface area (Å²) in [5.41, 5.74) is -1.63. The lowest BCUT2D eigenvalue weighted by Crippen LogP contribution is -2.61. The standard InChI is InChI=1S/C27H39NO9/c1-5-33-23(30)26(4)36-18-20(19-37-26)14-10-9-13-17-27(24(31)34-6-2,25(32)35-7-3)28-22(29)21-15-11-8-12-16-21/h8,11-12,15-16,20H,5-7,9-10,13-14,17-19H2,1-4H3,(H,28,29)/t20-,26+. The first kappa shape index (κ1) is 30.2. The smallest absolute Gasteiger partial charge is 0.366 e. The van der Waals surface area contributed by atoms with Crippen LogP contribution in [0.3, 0.4) is 0 Å². The second-order valence-electron chi connectivity index (χ2n) is 8.92. The van der Waals surface area contributed by atoms with Gasteiger partial charge in [-0.3, -0.25) is 4.79 Å². The van der Waals surface area contributed by atoms with Crippen molar-refractivity contribution in [3.05, 3.63) is 35.9 Å². The Balaban J connectivity index is 1.99. The van der Waals surface area contributed by atoms with E-state index in [2.05, 4.69) is 5.32 Å². The summed E-state index contributed by atoms with van der Waals surface area (Å²) >= 11 is 0. The van der Waals surface area contributed by atoms with Crippen molar-refractivity contribution < 1.29 is 42.9 Å². The van der Waals surface area contributed by atoms with Gasteiger partial charge in [0.05, 0.1) is 33.0 Å². The lowest BCUT2D eigenvalue weighted by molar-refractivity contribution is -0.274. The van der Waals surface area contributed by atoms with Crippen molar-refractivity contribution in [3.8, 4) is 0 Å². The Kier molecular flexibility index (Phi) is 12.0. The lowest BCUT2D eigenvalue weighted by Gasteiger charge is -2.35. The van der Waals surface area contributed by atoms with Crippen LogP contribution in [-0.4, -0.2) is 68.2 Å². The molecule has 1 N–H and O–H groups in total. The molecular weight excluding hydrogens is 482 g/mol. The summed E-state index contributed by atoms with van der Waals surface area (Å²) in [5.74, 6) is -4.08. The van der Waals surface area contributed by atoms with Gasteiger partial charge in [-0.05, 0) is 52.2 Å². The molecule has 1 amide bonds. The second-order valence-corrected chi connectivity index (χ2v) is 8.92. The maximum atomic E-state index is 13.0. The minimum atomic E-state index is -1.95. The molecule has 0 bridgehead atoms. The van der Waals surface area contributed by atoms with E-state index in [0.29, 0.717) is 31.6 Å². The van der Waals surface area contributed by atoms with Crippen molar-refractivity contribution >= 4 is 23.8 Å². The van der Waals surface area contributed by atoms with Gasteiger partial charge in [-0.25, -0.2) is 14.4 Å². The topological polar surface area (TPSA) is 126 Å². The van der Waals surface area contributed by atoms with Crippen molar-refractivity contribution in [1.82, 2.24) is 5.32 Å². The van der Waals surface area contributed by atoms with E-state index in [4.69, 9.17) is 23.7 Å². The van der Waals surface area contributed by atoms with Crippen molar-refractivity contribution in [2.45, 2.75) is 71.1 Å². The number of nitrogens with one attached hydrogen (secondary N) is 1. The van der Waals surface area contributed by atoms with Crippen molar-refractivity contribution in [3.63, 3.8) is 0 Å². The first-order valence-electron chi connectivity index (χ1n) is 12.9. The molecule has 10 heteroatoms. The lowest BCUT2D eigenvalue weighted by atomic mass is 9.90. The average Bonchev–Trinajstić information content (AvgIpc) is 2.89. The molecular formula is C27H39NO9. The Morgan fingerprint density at radius 3 is 2.00 bits per heavy atom. The molecule has 1 heterocycles. The van der Waals surface area contributed by atoms with Gasteiger partial charge >= 0.3 is 17.9 Å². The summed E-state index contributed by atoms with van der Waals surface area (Å²) in [4.78, 5) is 51.0. The molecule has 1 fully saturated rings. The number of ether oxygens (including phenoxy) is 5. The highest BCUT2D eigenvalue weighted by atomic mass is 16.7. The van der Waals surface area contributed by atoms with E-state index in [-0.39, 0.29) is 32.2 Å². The fraction of sp³-hybridized carbons (Fsp3) is 0.630. The Hall–Kier alpha value is -2.98. The van der Waals surface area contributed by atoms with Crippen LogP contribution in [0.4, 0.5) is 0 Å². The third kappa shape index (κ3) is 8.26. The zero-order chi connectivity index (χ0) is 27.3. The summed E-state index contributed by atoms with van der Waals surface area (Å²) in [7, 11) is 0. The first-order chi connectivity index (χ1) is 17.7. The monoisotopic (exact) mass is 521 g/mol. The molecule has 1 aliphatic heterocycles. The number of carbonyl (C=O) groups is 4. The molecule has 1 saturated heterocycles. The van der Waals surface area contributed by atoms with Crippen LogP contribution in [0.1, 0.15) is 70.2 Å². The fourth-order valence-electron chi connectivity index (χ4n) is 4.01. The Labute approximate surface area is 218 Å². The maximum absolute atomic E-state index is 13.0. The number of rotatable bonds is 14. The molecule has 37 heavy (non-hydrogen) atoms. The minimum Gasteiger partial charge on any atom is -0.464 e. The molecule has 1 aliphatic rings. The molecule has 1 aromatic carbocycles. The van der Waals surface area contributed by atoms with Gasteiger partial charge < -0.3 is 29.0 Å². The van der Waals surface area contributed by atoms with E-state index >= 15 is 0 Å². The number of amides is 1. The Morgan fingerprint density at radius 2 is 1.46 bits per heavy atom. The summed E-state index contributed by atoms with van der Waals surface area (Å²) in [6, 6.07) is 8.34. The van der Waals surface area contributed by atoms with Crippen LogP contribution in [0, 0.1) is 5.92 Å². The largest absolute Gasteiger partial charge is 0.464 e. The van der Waals surface area contributed by atoms with Gasteiger partial charge in [-0.2, -0.15) is 0 Å². The molecule has 0 saturated carbocycles. The Bertz CT molecular complexity index is 876. The van der Waals surface area contributed by atoms with Gasteiger partial charge in [-0.15, -0.1) is 0 Å². The van der Waals surface area contributed by atoms with E-state index in [0.717, 1.165) is 12.8 Å². The summed E-state index contributed by atoms with van der Waals surface area (Å²) < 4.78 is 26.7. The SMILES string of the molecule is CCOC(=O)C(CCCCC[C@H]1CO[C@@](C)(C(=O)OCC)OC1)(NC(=O)c1ccccc1)C(=O)OCC. The molecule has 0 radical (unpaired) electrons. The van der Waals surface area contributed by atoms with Crippen LogP contribution >= 0.6 is 0 Å². The molecule has 0 atom stereocenters. The van der Waals surface area contributed by atoms with Gasteiger partial charge in [0, 0.05) is 18.4 Å². The highest BCUT2D eigenvalue weighted by molar-refractivity contribution is 6.10. The molecule has 0 unspecified atom stereocenters. The number of hydrogen-bond donors (Lipinski definition) is 1. The first-order valence-corrected chi connectivity index (χ1v) is 12.9. The molecule has 0 aromatic heterocycles. The Morgan fingerprint density at radius 1 is 0.892 bits per heavy atom. The predicted molar refractivity (Wildman–Crippen MR) is 133 cm³/mol. The van der Waals surface area contributed by atoms with Gasteiger partial charge in [0.1, 0.15) is 0 Å². The van der Waals surface area contributed by atoms with Gasteiger partial charge in [0.25, 0.3) is 11.7 Å². The fourth-order valence-corrected chi connectivity index (χ4v) is 4.01. The van der Waals surface area contributed by atoms with Crippen LogP contribution in [0.25, 0.3) is 0 Å². The average molecular weight is 522 g/mol. The van der Waals surface area contributed by atoms with Crippen LogP contribution < -0.4 is 5.32 Å². The molecule has 1 aromatic rings. The van der Waals surface area contributed by atoms with Crippen LogP contribution in [0.2, 0.25) is 0 Å². The van der Waals surface area contributed by atoms with E-state index in [1.165, 1.54) is 0 Å². The molecule has 206 valence electrons. The quantitative estimate of drug-likeness (QED) is 0.170. The summed E-state index contributed by atoms with van der Waals surface area (Å²) in [6.45, 7) is 7.60. The zero-order valence-corrected chi connectivity index (χ0v) is 22.2. The normalized spacial score (nSPS) is 19.5. The third-order valence-corrected chi connectivity index (χ3v) is 6.11. The van der Waals surface area contributed by atoms with Crippen molar-refractivity contribution in [1.29, 1.82) is 0 Å². The van der Waals surface area contributed by atoms with Crippen LogP contribution in [0.5, 0.6) is 0 Å². The zero-order valence-electron chi connectivity index (χ0n) is 22.2. The highest BCUT2D eigenvalue weighted by Crippen LogP contribution is 2.27. The molecule has 0 aliphatic carbocycles. The van der Waals surface area contributed by atoms with E-state index < -0.39 is 35.1 Å². The molecule has 10 nitrogen and oxygen atoms in total. The number of carbonyl (C=O) groups excluding carboxylic acids is 4. The molecule has 0 spiro atoms. The van der Waals surface area contributed by atoms with Gasteiger partial charge in [0.15, 0.2) is 0 Å². The summed E-state index contributed by atoms with van der Waals surface area (Å²) in [5, 5.41) is 2.61. The van der Waals surface area contributed by atoms with Crippen LogP contribution in [0.15, 0.2) is 30.3 Å². The number of benzene rings is 1. The minimum absolute atomic E-state index is 0.0296. The van der Waals surface area contributed by atoms with Crippen molar-refractivity contribution in [2.75, 3.05) is 33.0 Å². The number of hydrogen-bond acceptors (Lipinski definition) is 9. The third-order valence-electron chi connectivity index (χ3n) is 6.11. The summed E-state index contributed by atoms with van der Waals surface area (Å²) in [6.07, 6.45) is 2.69. The second kappa shape index (κ2) is 14.7. The number of unbranched alkanes of at least 4 members (excludes halogenated alkanes) is 2. The van der Waals surface area contributed by atoms with Crippen LogP contribution in [-0.2, 0) is 38.1 Å². The van der Waals surface area contributed by atoms with E-state index in [1.807, 2.05) is 0 Å². The predicted octanol–water partition coefficient (Wildman–Crippen LogP) is 3.17. The van der Waals surface area contributed by atoms with Gasteiger partial charge in [-0.1, -0.05) is 31.0 Å². The van der Waals surface area contributed by atoms with Gasteiger partial charge in [0.2, 0.25) is 5.54 Å².